The standard InChI is InChI=1S/C46H37N3O4/c50-44-41(28-38-35-19-11-10-18-33(35)20-21-42(38)53-29-30-12-4-1-5-13-30)45(51)49(46(52)47-44)34-26-39-36(31-14-6-2-7-15-31)22-24-48-25-23-37(40(27-34)43(39)48)32-16-8-3-9-17-32/h1-21,26-28,36-37H,22-25,29H2,(H,47,50,52)/b41-28+/t36-,37-/m0/s1. The molecule has 0 unspecified atom stereocenters. The zero-order valence-corrected chi connectivity index (χ0v) is 29.1. The third-order valence-corrected chi connectivity index (χ3v) is 10.8. The van der Waals surface area contributed by atoms with Gasteiger partial charge in [-0.2, -0.15) is 0 Å². The van der Waals surface area contributed by atoms with E-state index in [-0.39, 0.29) is 17.4 Å². The number of fused-ring (bicyclic) bond motifs is 1. The number of rotatable bonds is 7. The van der Waals surface area contributed by atoms with Crippen LogP contribution in [0.3, 0.4) is 0 Å². The van der Waals surface area contributed by atoms with Gasteiger partial charge in [0.05, 0.1) is 5.69 Å². The molecule has 53 heavy (non-hydrogen) atoms. The molecule has 0 spiro atoms. The molecular weight excluding hydrogens is 659 g/mol. The van der Waals surface area contributed by atoms with Gasteiger partial charge in [-0.15, -0.1) is 0 Å². The maximum atomic E-state index is 14.7. The summed E-state index contributed by atoms with van der Waals surface area (Å²) in [5, 5.41) is 4.24. The molecular formula is C46H37N3O4. The first kappa shape index (κ1) is 32.4. The lowest BCUT2D eigenvalue weighted by molar-refractivity contribution is -0.122. The maximum Gasteiger partial charge on any atom is 0.335 e. The minimum absolute atomic E-state index is 0.0790. The highest BCUT2D eigenvalue weighted by atomic mass is 16.5. The minimum atomic E-state index is -0.765. The molecule has 1 N–H and O–H groups in total. The highest BCUT2D eigenvalue weighted by Gasteiger charge is 2.41. The van der Waals surface area contributed by atoms with E-state index >= 15 is 0 Å². The molecule has 3 aliphatic rings. The Hall–Kier alpha value is -6.47. The summed E-state index contributed by atoms with van der Waals surface area (Å²) in [7, 11) is 0. The predicted octanol–water partition coefficient (Wildman–Crippen LogP) is 8.96. The molecule has 4 amide bonds. The van der Waals surface area contributed by atoms with Crippen molar-refractivity contribution in [3.63, 3.8) is 0 Å². The van der Waals surface area contributed by atoms with E-state index in [0.717, 1.165) is 58.3 Å². The average Bonchev–Trinajstić information content (AvgIpc) is 3.20. The van der Waals surface area contributed by atoms with Crippen LogP contribution in [0.2, 0.25) is 0 Å². The van der Waals surface area contributed by atoms with Crippen molar-refractivity contribution in [2.75, 3.05) is 22.9 Å². The molecule has 6 aromatic rings. The minimum Gasteiger partial charge on any atom is -0.488 e. The number of urea groups is 1. The van der Waals surface area contributed by atoms with Crippen molar-refractivity contribution in [1.29, 1.82) is 0 Å². The topological polar surface area (TPSA) is 79.0 Å². The van der Waals surface area contributed by atoms with E-state index in [1.807, 2.05) is 91.0 Å². The van der Waals surface area contributed by atoms with Crippen LogP contribution >= 0.6 is 0 Å². The molecule has 3 heterocycles. The first-order valence-electron chi connectivity index (χ1n) is 18.2. The van der Waals surface area contributed by atoms with Crippen LogP contribution in [0.25, 0.3) is 16.8 Å². The number of imide groups is 2. The molecule has 0 bridgehead atoms. The average molecular weight is 696 g/mol. The van der Waals surface area contributed by atoms with Crippen LogP contribution in [0.1, 0.15) is 58.1 Å². The summed E-state index contributed by atoms with van der Waals surface area (Å²) in [6.45, 7) is 2.15. The van der Waals surface area contributed by atoms with Crippen molar-refractivity contribution >= 4 is 46.1 Å². The second kappa shape index (κ2) is 13.6. The summed E-state index contributed by atoms with van der Waals surface area (Å²) in [6.07, 6.45) is 3.39. The van der Waals surface area contributed by atoms with E-state index in [1.165, 1.54) is 16.8 Å². The molecule has 1 saturated heterocycles. The van der Waals surface area contributed by atoms with Crippen molar-refractivity contribution in [1.82, 2.24) is 5.32 Å². The molecule has 260 valence electrons. The van der Waals surface area contributed by atoms with Gasteiger partial charge in [0, 0.05) is 36.2 Å². The molecule has 2 atom stereocenters. The number of carbonyl (C=O) groups is 3. The first-order valence-corrected chi connectivity index (χ1v) is 18.2. The smallest absolute Gasteiger partial charge is 0.335 e. The Labute approximate surface area is 308 Å². The fraction of sp³-hybridized carbons (Fsp3) is 0.152. The van der Waals surface area contributed by atoms with Crippen molar-refractivity contribution in [2.45, 2.75) is 31.3 Å². The molecule has 0 aromatic heterocycles. The summed E-state index contributed by atoms with van der Waals surface area (Å²) < 4.78 is 6.32. The Kier molecular flexibility index (Phi) is 8.31. The Balaban J connectivity index is 1.17. The van der Waals surface area contributed by atoms with Crippen molar-refractivity contribution < 1.29 is 19.1 Å². The summed E-state index contributed by atoms with van der Waals surface area (Å²) in [6, 6.07) is 45.5. The van der Waals surface area contributed by atoms with E-state index in [0.29, 0.717) is 23.6 Å². The van der Waals surface area contributed by atoms with Gasteiger partial charge in [-0.25, -0.2) is 9.69 Å². The third-order valence-electron chi connectivity index (χ3n) is 10.8. The Morgan fingerprint density at radius 1 is 0.679 bits per heavy atom. The van der Waals surface area contributed by atoms with Crippen molar-refractivity contribution in [3.8, 4) is 5.75 Å². The fourth-order valence-corrected chi connectivity index (χ4v) is 8.29. The van der Waals surface area contributed by atoms with Crippen LogP contribution in [-0.2, 0) is 16.2 Å². The first-order chi connectivity index (χ1) is 26.0. The number of ether oxygens (including phenoxy) is 1. The number of hydrogen-bond acceptors (Lipinski definition) is 5. The number of hydrogen-bond donors (Lipinski definition) is 1. The quantitative estimate of drug-likeness (QED) is 0.133. The second-order valence-corrected chi connectivity index (χ2v) is 13.9. The number of amides is 4. The monoisotopic (exact) mass is 695 g/mol. The van der Waals surface area contributed by atoms with Gasteiger partial charge >= 0.3 is 6.03 Å². The normalized spacial score (nSPS) is 18.9. The number of barbiturate groups is 1. The van der Waals surface area contributed by atoms with Crippen LogP contribution in [0.5, 0.6) is 5.75 Å². The van der Waals surface area contributed by atoms with E-state index < -0.39 is 17.8 Å². The van der Waals surface area contributed by atoms with Crippen molar-refractivity contribution in [3.05, 3.63) is 178 Å². The van der Waals surface area contributed by atoms with Gasteiger partial charge in [-0.1, -0.05) is 121 Å². The molecule has 7 heteroatoms. The molecule has 3 aliphatic heterocycles. The van der Waals surface area contributed by atoms with Gasteiger partial charge in [-0.05, 0) is 75.7 Å². The Morgan fingerprint density at radius 3 is 1.91 bits per heavy atom. The molecule has 0 saturated carbocycles. The van der Waals surface area contributed by atoms with Crippen molar-refractivity contribution in [2.24, 2.45) is 0 Å². The molecule has 9 rings (SSSR count). The summed E-state index contributed by atoms with van der Waals surface area (Å²) in [4.78, 5) is 45.7. The highest BCUT2D eigenvalue weighted by Crippen LogP contribution is 2.50. The number of nitrogens with zero attached hydrogens (tertiary/aromatic N) is 2. The SMILES string of the molecule is O=C1NC(=O)N(c2cc3c4c(c2)[C@H](c2ccccc2)CCN4CC[C@H]3c2ccccc2)C(=O)/C1=C/c1c(OCc2ccccc2)ccc2ccccc12. The van der Waals surface area contributed by atoms with E-state index in [9.17, 15) is 14.4 Å². The fourth-order valence-electron chi connectivity index (χ4n) is 8.29. The lowest BCUT2D eigenvalue weighted by Crippen LogP contribution is -2.54. The van der Waals surface area contributed by atoms with E-state index in [4.69, 9.17) is 4.74 Å². The zero-order valence-electron chi connectivity index (χ0n) is 29.1. The van der Waals surface area contributed by atoms with Gasteiger partial charge in [0.25, 0.3) is 11.8 Å². The highest BCUT2D eigenvalue weighted by molar-refractivity contribution is 6.39. The molecule has 1 fully saturated rings. The second-order valence-electron chi connectivity index (χ2n) is 13.9. The van der Waals surface area contributed by atoms with Gasteiger partial charge in [-0.3, -0.25) is 14.9 Å². The lowest BCUT2D eigenvalue weighted by Gasteiger charge is -2.44. The van der Waals surface area contributed by atoms with Crippen LogP contribution in [0.15, 0.2) is 145 Å². The molecule has 6 aromatic carbocycles. The maximum absolute atomic E-state index is 14.7. The molecule has 0 radical (unpaired) electrons. The number of nitrogens with one attached hydrogen (secondary N) is 1. The number of anilines is 2. The summed E-state index contributed by atoms with van der Waals surface area (Å²) in [5.74, 6) is -0.735. The molecule has 0 aliphatic carbocycles. The van der Waals surface area contributed by atoms with Crippen LogP contribution in [0.4, 0.5) is 16.2 Å². The van der Waals surface area contributed by atoms with Crippen LogP contribution in [-0.4, -0.2) is 30.9 Å². The van der Waals surface area contributed by atoms with E-state index in [2.05, 4.69) is 58.7 Å². The van der Waals surface area contributed by atoms with Gasteiger partial charge in [0.15, 0.2) is 0 Å². The van der Waals surface area contributed by atoms with Gasteiger partial charge < -0.3 is 9.64 Å². The van der Waals surface area contributed by atoms with E-state index in [1.54, 1.807) is 6.08 Å². The Morgan fingerprint density at radius 2 is 1.26 bits per heavy atom. The molecule has 7 nitrogen and oxygen atoms in total. The predicted molar refractivity (Wildman–Crippen MR) is 208 cm³/mol. The number of benzene rings is 6. The number of carbonyl (C=O) groups excluding carboxylic acids is 3. The zero-order chi connectivity index (χ0) is 35.9. The summed E-state index contributed by atoms with van der Waals surface area (Å²) >= 11 is 0. The lowest BCUT2D eigenvalue weighted by atomic mass is 9.76. The van der Waals surface area contributed by atoms with Crippen LogP contribution < -0.4 is 19.9 Å². The van der Waals surface area contributed by atoms with Gasteiger partial charge in [0.2, 0.25) is 0 Å². The Bertz CT molecular complexity index is 2340. The summed E-state index contributed by atoms with van der Waals surface area (Å²) in [5.41, 5.74) is 7.63. The van der Waals surface area contributed by atoms with Crippen LogP contribution in [0, 0.1) is 0 Å². The third kappa shape index (κ3) is 5.94. The van der Waals surface area contributed by atoms with Gasteiger partial charge in [0.1, 0.15) is 17.9 Å². The largest absolute Gasteiger partial charge is 0.488 e.